The van der Waals surface area contributed by atoms with Gasteiger partial charge in [0.2, 0.25) is 0 Å². The molecule has 3 N–H and O–H groups in total. The number of aliphatic hydroxyl groups is 1. The first-order valence-electron chi connectivity index (χ1n) is 13.2. The maximum absolute atomic E-state index is 15.2. The molecule has 2 aliphatic heterocycles. The average Bonchev–Trinajstić information content (AvgIpc) is 3.59. The van der Waals surface area contributed by atoms with Crippen molar-refractivity contribution in [2.24, 2.45) is 0 Å². The molecule has 42 heavy (non-hydrogen) atoms. The normalized spacial score (nSPS) is 18.2. The molecule has 2 aliphatic rings. The lowest BCUT2D eigenvalue weighted by Gasteiger charge is -2.37. The molecule has 2 atom stereocenters. The van der Waals surface area contributed by atoms with E-state index in [1.165, 1.54) is 13.3 Å². The Bertz CT molecular complexity index is 1410. The number of aliphatic hydroxyl groups excluding tert-OH is 1. The first-order valence-corrected chi connectivity index (χ1v) is 13.2. The summed E-state index contributed by atoms with van der Waals surface area (Å²) < 4.78 is 41.7. The number of carbonyl (C=O) groups is 3. The molecule has 16 heteroatoms. The molecule has 2 aromatic heterocycles. The second kappa shape index (κ2) is 12.5. The van der Waals surface area contributed by atoms with Gasteiger partial charge in [0.1, 0.15) is 17.5 Å². The van der Waals surface area contributed by atoms with Gasteiger partial charge in [-0.1, -0.05) is 0 Å². The predicted molar refractivity (Wildman–Crippen MR) is 144 cm³/mol. The second-order valence-electron chi connectivity index (χ2n) is 9.86. The quantitative estimate of drug-likeness (QED) is 0.324. The highest BCUT2D eigenvalue weighted by Crippen LogP contribution is 2.31. The van der Waals surface area contributed by atoms with Gasteiger partial charge < -0.3 is 34.5 Å². The number of halogens is 2. The Morgan fingerprint density at radius 3 is 2.62 bits per heavy atom. The maximum atomic E-state index is 15.2. The second-order valence-corrected chi connectivity index (χ2v) is 9.86. The number of cyclic esters (lactones) is 1. The molecule has 2 saturated heterocycles. The van der Waals surface area contributed by atoms with Crippen molar-refractivity contribution in [2.75, 3.05) is 69.3 Å². The number of aromatic nitrogens is 3. The number of ether oxygens (including phenoxy) is 2. The van der Waals surface area contributed by atoms with Gasteiger partial charge in [0, 0.05) is 63.4 Å². The fourth-order valence-corrected chi connectivity index (χ4v) is 4.94. The van der Waals surface area contributed by atoms with Crippen molar-refractivity contribution < 1.29 is 37.7 Å². The summed E-state index contributed by atoms with van der Waals surface area (Å²) in [6, 6.07) is 1.58. The van der Waals surface area contributed by atoms with Crippen LogP contribution >= 0.6 is 0 Å². The van der Waals surface area contributed by atoms with E-state index in [-0.39, 0.29) is 36.8 Å². The zero-order valence-corrected chi connectivity index (χ0v) is 22.7. The molecule has 0 bridgehead atoms. The minimum Gasteiger partial charge on any atom is -0.453 e. The summed E-state index contributed by atoms with van der Waals surface area (Å²) in [5.74, 6) is -2.09. The lowest BCUT2D eigenvalue weighted by molar-refractivity contribution is 0.0887. The maximum Gasteiger partial charge on any atom is 0.414 e. The molecule has 1 aromatic carbocycles. The molecule has 0 saturated carbocycles. The zero-order chi connectivity index (χ0) is 29.8. The third-order valence-electron chi connectivity index (χ3n) is 7.07. The third kappa shape index (κ3) is 6.33. The van der Waals surface area contributed by atoms with Crippen molar-refractivity contribution in [1.82, 2.24) is 29.9 Å². The number of alkyl carbamates (subject to hydrolysis) is 1. The van der Waals surface area contributed by atoms with E-state index in [4.69, 9.17) is 4.74 Å². The van der Waals surface area contributed by atoms with Gasteiger partial charge in [-0.15, -0.1) is 0 Å². The number of fused-ring (bicyclic) bond motifs is 1. The Morgan fingerprint density at radius 2 is 1.95 bits per heavy atom. The number of hydrogen-bond acceptors (Lipinski definition) is 10. The Morgan fingerprint density at radius 1 is 1.21 bits per heavy atom. The van der Waals surface area contributed by atoms with E-state index in [0.717, 1.165) is 17.0 Å². The number of anilines is 2. The van der Waals surface area contributed by atoms with Crippen LogP contribution < -0.4 is 20.4 Å². The van der Waals surface area contributed by atoms with Crippen LogP contribution in [-0.4, -0.2) is 114 Å². The summed E-state index contributed by atoms with van der Waals surface area (Å²) in [7, 11) is 1.20. The van der Waals surface area contributed by atoms with Gasteiger partial charge in [0.05, 0.1) is 44.7 Å². The lowest BCUT2D eigenvalue weighted by Crippen LogP contribution is -2.52. The van der Waals surface area contributed by atoms with E-state index in [1.807, 2.05) is 4.90 Å². The van der Waals surface area contributed by atoms with Crippen molar-refractivity contribution in [1.29, 1.82) is 0 Å². The molecule has 5 rings (SSSR count). The smallest absolute Gasteiger partial charge is 0.414 e. The highest BCUT2D eigenvalue weighted by molar-refractivity contribution is 5.93. The van der Waals surface area contributed by atoms with E-state index in [1.54, 1.807) is 27.9 Å². The van der Waals surface area contributed by atoms with Crippen molar-refractivity contribution in [2.45, 2.75) is 12.1 Å². The highest BCUT2D eigenvalue weighted by Gasteiger charge is 2.34. The Labute approximate surface area is 238 Å². The van der Waals surface area contributed by atoms with Crippen LogP contribution in [0, 0.1) is 11.6 Å². The van der Waals surface area contributed by atoms with E-state index in [0.29, 0.717) is 38.4 Å². The average molecular weight is 589 g/mol. The molecule has 2 fully saturated rings. The van der Waals surface area contributed by atoms with E-state index < -0.39 is 41.9 Å². The van der Waals surface area contributed by atoms with Gasteiger partial charge in [-0.25, -0.2) is 23.4 Å². The summed E-state index contributed by atoms with van der Waals surface area (Å²) in [6.07, 6.45) is 4.17. The van der Waals surface area contributed by atoms with Crippen LogP contribution in [0.3, 0.4) is 0 Å². The standard InChI is InChI=1S/C26H30F2N8O6/c1-41-25(39)30-10-18-13-36(26(40)42-18)17-8-19(27)23(20(28)9-17)34-6-4-33(5-7-34)12-16(15-37)31-24(38)21-14-35-3-2-29-11-22(35)32-21/h2-3,8-9,11,14,16,18,37H,4-7,10,12-13,15H2,1H3,(H,30,39)(H,31,38). The molecular weight excluding hydrogens is 558 g/mol. The number of nitrogens with one attached hydrogen (secondary N) is 2. The monoisotopic (exact) mass is 588 g/mol. The Kier molecular flexibility index (Phi) is 8.63. The number of imidazole rings is 1. The van der Waals surface area contributed by atoms with E-state index in [9.17, 15) is 19.5 Å². The number of benzene rings is 1. The molecule has 3 amide bonds. The van der Waals surface area contributed by atoms with Crippen LogP contribution in [0.1, 0.15) is 10.5 Å². The number of piperazine rings is 1. The molecule has 4 heterocycles. The molecule has 0 aliphatic carbocycles. The largest absolute Gasteiger partial charge is 0.453 e. The summed E-state index contributed by atoms with van der Waals surface area (Å²) in [5, 5.41) is 15.1. The van der Waals surface area contributed by atoms with Crippen LogP contribution in [0.5, 0.6) is 0 Å². The Balaban J connectivity index is 1.15. The summed E-state index contributed by atoms with van der Waals surface area (Å²) >= 11 is 0. The number of methoxy groups -OCH3 is 1. The number of nitrogens with zero attached hydrogens (tertiary/aromatic N) is 6. The van der Waals surface area contributed by atoms with Gasteiger partial charge in [-0.05, 0) is 0 Å². The highest BCUT2D eigenvalue weighted by atomic mass is 19.1. The van der Waals surface area contributed by atoms with Gasteiger partial charge in [0.25, 0.3) is 5.91 Å². The molecule has 2 unspecified atom stereocenters. The van der Waals surface area contributed by atoms with Crippen molar-refractivity contribution in [3.63, 3.8) is 0 Å². The SMILES string of the molecule is COC(=O)NCC1CN(c2cc(F)c(N3CCN(CC(CO)NC(=O)c4cn5ccncc5n4)CC3)c(F)c2)C(=O)O1. The predicted octanol–water partition coefficient (Wildman–Crippen LogP) is 0.602. The lowest BCUT2D eigenvalue weighted by atomic mass is 10.1. The van der Waals surface area contributed by atoms with Crippen molar-refractivity contribution in [3.8, 4) is 0 Å². The molecule has 14 nitrogen and oxygen atoms in total. The minimum atomic E-state index is -0.828. The fourth-order valence-electron chi connectivity index (χ4n) is 4.94. The van der Waals surface area contributed by atoms with E-state index >= 15 is 8.78 Å². The number of rotatable bonds is 9. The fraction of sp³-hybridized carbons (Fsp3) is 0.423. The first kappa shape index (κ1) is 28.9. The van der Waals surface area contributed by atoms with Crippen LogP contribution in [0.25, 0.3) is 5.65 Å². The van der Waals surface area contributed by atoms with Gasteiger partial charge in [-0.2, -0.15) is 0 Å². The molecular formula is C26H30F2N8O6. The van der Waals surface area contributed by atoms with Gasteiger partial charge >= 0.3 is 12.2 Å². The van der Waals surface area contributed by atoms with E-state index in [2.05, 4.69) is 25.3 Å². The van der Waals surface area contributed by atoms with Crippen LogP contribution in [0.2, 0.25) is 0 Å². The van der Waals surface area contributed by atoms with Gasteiger partial charge in [-0.3, -0.25) is 19.6 Å². The molecule has 3 aromatic rings. The molecule has 0 spiro atoms. The number of amides is 3. The molecule has 0 radical (unpaired) electrons. The molecule has 224 valence electrons. The minimum absolute atomic E-state index is 0.00125. The number of carbonyl (C=O) groups excluding carboxylic acids is 3. The first-order chi connectivity index (χ1) is 20.2. The van der Waals surface area contributed by atoms with Crippen LogP contribution in [-0.2, 0) is 9.47 Å². The number of hydrogen-bond donors (Lipinski definition) is 3. The van der Waals surface area contributed by atoms with Gasteiger partial charge in [0.15, 0.2) is 17.3 Å². The summed E-state index contributed by atoms with van der Waals surface area (Å²) in [4.78, 5) is 49.1. The van der Waals surface area contributed by atoms with Crippen LogP contribution in [0.4, 0.5) is 29.7 Å². The summed E-state index contributed by atoms with van der Waals surface area (Å²) in [6.45, 7) is 1.47. The zero-order valence-electron chi connectivity index (χ0n) is 22.7. The Hall–Kier alpha value is -4.57. The van der Waals surface area contributed by atoms with Crippen LogP contribution in [0.15, 0.2) is 36.9 Å². The van der Waals surface area contributed by atoms with Crippen molar-refractivity contribution in [3.05, 3.63) is 54.2 Å². The summed E-state index contributed by atoms with van der Waals surface area (Å²) in [5.41, 5.74) is 0.505. The topological polar surface area (TPSA) is 154 Å². The third-order valence-corrected chi connectivity index (χ3v) is 7.07. The van der Waals surface area contributed by atoms with Crippen molar-refractivity contribution >= 4 is 35.1 Å².